The maximum absolute atomic E-state index is 12.9. The number of nitrogens with two attached hydrogens (primary N) is 1. The first-order valence-corrected chi connectivity index (χ1v) is 12.5. The third kappa shape index (κ3) is 7.94. The van der Waals surface area contributed by atoms with Gasteiger partial charge in [-0.15, -0.1) is 0 Å². The minimum atomic E-state index is -1.20. The van der Waals surface area contributed by atoms with Crippen molar-refractivity contribution in [2.75, 3.05) is 0 Å². The molecular weight excluding hydrogens is 517 g/mol. The SMILES string of the molecule is N#CNC(N)=N[C@@H]1CCC[C@H](C(=O)Cc2ccc(C[C@H](NC(=O)c3c(Cl)cccc3Cl)C(=O)O)cc2)C1. The molecule has 0 aliphatic heterocycles. The van der Waals surface area contributed by atoms with Gasteiger partial charge in [-0.05, 0) is 42.5 Å². The van der Waals surface area contributed by atoms with E-state index in [-0.39, 0.29) is 52.2 Å². The van der Waals surface area contributed by atoms with E-state index in [2.05, 4.69) is 15.6 Å². The Morgan fingerprint density at radius 2 is 1.76 bits per heavy atom. The molecule has 9 nitrogen and oxygen atoms in total. The van der Waals surface area contributed by atoms with Crippen LogP contribution in [0.5, 0.6) is 0 Å². The molecule has 3 atom stereocenters. The fourth-order valence-corrected chi connectivity index (χ4v) is 4.95. The van der Waals surface area contributed by atoms with E-state index in [4.69, 9.17) is 34.2 Å². The summed E-state index contributed by atoms with van der Waals surface area (Å²) in [6, 6.07) is 10.3. The van der Waals surface area contributed by atoms with Gasteiger partial charge in [-0.25, -0.2) is 9.79 Å². The van der Waals surface area contributed by atoms with Gasteiger partial charge in [0, 0.05) is 18.8 Å². The quantitative estimate of drug-likeness (QED) is 0.163. The highest BCUT2D eigenvalue weighted by Crippen LogP contribution is 2.28. The van der Waals surface area contributed by atoms with Crippen LogP contribution in [-0.4, -0.2) is 40.8 Å². The topological polar surface area (TPSA) is 158 Å². The third-order valence-corrected chi connectivity index (χ3v) is 6.87. The average molecular weight is 544 g/mol. The normalized spacial score (nSPS) is 18.4. The molecule has 0 radical (unpaired) electrons. The van der Waals surface area contributed by atoms with Crippen molar-refractivity contribution in [1.29, 1.82) is 5.26 Å². The third-order valence-electron chi connectivity index (χ3n) is 6.24. The predicted molar refractivity (Wildman–Crippen MR) is 140 cm³/mol. The maximum atomic E-state index is 12.9. The van der Waals surface area contributed by atoms with Gasteiger partial charge in [0.15, 0.2) is 6.19 Å². The first kappa shape index (κ1) is 28.0. The number of hydrogen-bond acceptors (Lipinski definition) is 5. The Bertz CT molecular complexity index is 1210. The second kappa shape index (κ2) is 13.1. The van der Waals surface area contributed by atoms with Crippen LogP contribution in [0.3, 0.4) is 0 Å². The van der Waals surface area contributed by atoms with Gasteiger partial charge in [0.05, 0.1) is 21.7 Å². The summed E-state index contributed by atoms with van der Waals surface area (Å²) in [4.78, 5) is 41.6. The molecule has 1 amide bonds. The number of carboxylic acids is 1. The lowest BCUT2D eigenvalue weighted by molar-refractivity contribution is -0.139. The van der Waals surface area contributed by atoms with E-state index in [9.17, 15) is 19.5 Å². The molecule has 1 aliphatic rings. The number of aliphatic imine (C=N–C) groups is 1. The zero-order chi connectivity index (χ0) is 26.9. The zero-order valence-corrected chi connectivity index (χ0v) is 21.4. The maximum Gasteiger partial charge on any atom is 0.326 e. The number of ketones is 1. The van der Waals surface area contributed by atoms with Gasteiger partial charge >= 0.3 is 5.97 Å². The average Bonchev–Trinajstić information content (AvgIpc) is 2.85. The van der Waals surface area contributed by atoms with Crippen LogP contribution in [0.4, 0.5) is 0 Å². The van der Waals surface area contributed by atoms with Crippen LogP contribution in [0.2, 0.25) is 10.0 Å². The van der Waals surface area contributed by atoms with Crippen LogP contribution in [0.15, 0.2) is 47.5 Å². The van der Waals surface area contributed by atoms with E-state index < -0.39 is 17.9 Å². The number of nitrogens with one attached hydrogen (secondary N) is 2. The smallest absolute Gasteiger partial charge is 0.326 e. The molecule has 1 fully saturated rings. The lowest BCUT2D eigenvalue weighted by Crippen LogP contribution is -2.42. The molecule has 2 aromatic carbocycles. The van der Waals surface area contributed by atoms with Crippen molar-refractivity contribution in [3.63, 3.8) is 0 Å². The van der Waals surface area contributed by atoms with Crippen molar-refractivity contribution in [3.8, 4) is 6.19 Å². The van der Waals surface area contributed by atoms with Crippen LogP contribution >= 0.6 is 23.2 Å². The summed E-state index contributed by atoms with van der Waals surface area (Å²) in [6.45, 7) is 0. The number of halogens is 2. The van der Waals surface area contributed by atoms with Crippen molar-refractivity contribution in [2.45, 2.75) is 50.6 Å². The van der Waals surface area contributed by atoms with Gasteiger partial charge in [0.2, 0.25) is 5.96 Å². The molecule has 11 heteroatoms. The highest BCUT2D eigenvalue weighted by molar-refractivity contribution is 6.39. The molecule has 37 heavy (non-hydrogen) atoms. The summed E-state index contributed by atoms with van der Waals surface area (Å²) in [5.41, 5.74) is 7.17. The molecule has 194 valence electrons. The van der Waals surface area contributed by atoms with Crippen molar-refractivity contribution < 1.29 is 19.5 Å². The van der Waals surface area contributed by atoms with Crippen molar-refractivity contribution in [1.82, 2.24) is 10.6 Å². The van der Waals surface area contributed by atoms with Gasteiger partial charge in [-0.2, -0.15) is 5.26 Å². The van der Waals surface area contributed by atoms with Crippen molar-refractivity contribution in [2.24, 2.45) is 16.6 Å². The number of hydrogen-bond donors (Lipinski definition) is 4. The van der Waals surface area contributed by atoms with Crippen molar-refractivity contribution in [3.05, 3.63) is 69.2 Å². The monoisotopic (exact) mass is 543 g/mol. The minimum absolute atomic E-state index is 0.0191. The van der Waals surface area contributed by atoms with Gasteiger partial charge in [-0.3, -0.25) is 14.9 Å². The second-order valence-corrected chi connectivity index (χ2v) is 9.71. The Hall–Kier alpha value is -3.61. The molecule has 1 aliphatic carbocycles. The van der Waals surface area contributed by atoms with Crippen LogP contribution in [0.1, 0.15) is 47.2 Å². The summed E-state index contributed by atoms with van der Waals surface area (Å²) in [5.74, 6) is -1.85. The number of carbonyl (C=O) groups is 3. The number of nitrogens with zero attached hydrogens (tertiary/aromatic N) is 2. The summed E-state index contributed by atoms with van der Waals surface area (Å²) >= 11 is 12.1. The zero-order valence-electron chi connectivity index (χ0n) is 19.9. The first-order valence-electron chi connectivity index (χ1n) is 11.7. The molecule has 3 rings (SSSR count). The van der Waals surface area contributed by atoms with Crippen LogP contribution in [0, 0.1) is 17.4 Å². The number of carbonyl (C=O) groups excluding carboxylic acids is 2. The van der Waals surface area contributed by atoms with Crippen LogP contribution in [-0.2, 0) is 22.4 Å². The lowest BCUT2D eigenvalue weighted by Gasteiger charge is -2.26. The Labute approximate surface area is 224 Å². The molecule has 5 N–H and O–H groups in total. The largest absolute Gasteiger partial charge is 0.480 e. The van der Waals surface area contributed by atoms with E-state index in [1.807, 2.05) is 0 Å². The molecule has 0 aromatic heterocycles. The summed E-state index contributed by atoms with van der Waals surface area (Å²) in [5, 5.41) is 23.3. The first-order chi connectivity index (χ1) is 17.7. The predicted octanol–water partition coefficient (Wildman–Crippen LogP) is 3.47. The molecule has 1 saturated carbocycles. The summed E-state index contributed by atoms with van der Waals surface area (Å²) in [7, 11) is 0. The number of rotatable bonds is 9. The van der Waals surface area contributed by atoms with E-state index in [0.717, 1.165) is 24.8 Å². The van der Waals surface area contributed by atoms with Gasteiger partial charge in [-0.1, -0.05) is 60.0 Å². The molecular formula is C26H27Cl2N5O4. The Morgan fingerprint density at radius 3 is 2.38 bits per heavy atom. The minimum Gasteiger partial charge on any atom is -0.480 e. The molecule has 0 spiro atoms. The van der Waals surface area contributed by atoms with E-state index in [0.29, 0.717) is 12.0 Å². The standard InChI is InChI=1S/C26H27Cl2N5O4/c27-19-5-2-6-20(28)23(19)24(35)33-21(25(36)37)11-15-7-9-16(10-8-15)12-22(34)17-3-1-4-18(13-17)32-26(30)31-14-29/h2,5-10,17-18,21H,1,3-4,11-13H2,(H,33,35)(H,36,37)(H3,30,31,32)/t17-,18+,21-/m0/s1. The fraction of sp³-hybridized carbons (Fsp3) is 0.346. The van der Waals surface area contributed by atoms with E-state index >= 15 is 0 Å². The molecule has 0 bridgehead atoms. The number of guanidine groups is 1. The molecule has 0 heterocycles. The second-order valence-electron chi connectivity index (χ2n) is 8.89. The molecule has 2 aromatic rings. The number of amides is 1. The lowest BCUT2D eigenvalue weighted by atomic mass is 9.81. The Balaban J connectivity index is 1.59. The van der Waals surface area contributed by atoms with Gasteiger partial charge < -0.3 is 16.2 Å². The van der Waals surface area contributed by atoms with E-state index in [1.54, 1.807) is 36.5 Å². The van der Waals surface area contributed by atoms with E-state index in [1.165, 1.54) is 12.1 Å². The highest BCUT2D eigenvalue weighted by Gasteiger charge is 2.27. The highest BCUT2D eigenvalue weighted by atomic mass is 35.5. The van der Waals surface area contributed by atoms with Gasteiger partial charge in [0.1, 0.15) is 11.8 Å². The molecule has 0 saturated heterocycles. The number of nitriles is 1. The number of aliphatic carboxylic acids is 1. The molecule has 0 unspecified atom stereocenters. The Morgan fingerprint density at radius 1 is 1.11 bits per heavy atom. The summed E-state index contributed by atoms with van der Waals surface area (Å²) in [6.07, 6.45) is 5.05. The summed E-state index contributed by atoms with van der Waals surface area (Å²) < 4.78 is 0. The van der Waals surface area contributed by atoms with Gasteiger partial charge in [0.25, 0.3) is 5.91 Å². The van der Waals surface area contributed by atoms with Crippen LogP contribution < -0.4 is 16.4 Å². The Kier molecular flexibility index (Phi) is 9.89. The van der Waals surface area contributed by atoms with Crippen LogP contribution in [0.25, 0.3) is 0 Å². The number of carboxylic acid groups (broad SMARTS) is 1. The number of Topliss-reactive ketones (excluding diaryl/α,β-unsaturated/α-hetero) is 1. The van der Waals surface area contributed by atoms with Crippen molar-refractivity contribution >= 4 is 46.8 Å². The number of benzene rings is 2. The fourth-order valence-electron chi connectivity index (χ4n) is 4.38.